The standard InChI is InChI=1S/C17H26N2O3S/c1-17(2,3)14-7-9-15(10-8-14)19(23(4,21)22)12-11-18-16(20)13-5-6-13/h7-10,13H,5-6,11-12H2,1-4H3,(H,18,20). The van der Waals surface area contributed by atoms with Crippen molar-refractivity contribution in [3.05, 3.63) is 29.8 Å². The van der Waals surface area contributed by atoms with Crippen LogP contribution in [-0.4, -0.2) is 33.7 Å². The molecule has 0 aromatic heterocycles. The first-order valence-electron chi connectivity index (χ1n) is 7.95. The van der Waals surface area contributed by atoms with Gasteiger partial charge in [-0.05, 0) is 36.0 Å². The summed E-state index contributed by atoms with van der Waals surface area (Å²) in [6, 6.07) is 7.56. The van der Waals surface area contributed by atoms with Crippen LogP contribution in [0.4, 0.5) is 5.69 Å². The van der Waals surface area contributed by atoms with Crippen LogP contribution in [0.1, 0.15) is 39.2 Å². The van der Waals surface area contributed by atoms with Crippen molar-refractivity contribution in [3.63, 3.8) is 0 Å². The SMILES string of the molecule is CC(C)(C)c1ccc(N(CCNC(=O)C2CC2)S(C)(=O)=O)cc1. The third-order valence-corrected chi connectivity index (χ3v) is 5.18. The molecule has 0 spiro atoms. The largest absolute Gasteiger partial charge is 0.354 e. The highest BCUT2D eigenvalue weighted by atomic mass is 32.2. The summed E-state index contributed by atoms with van der Waals surface area (Å²) in [6.45, 7) is 6.91. The fourth-order valence-electron chi connectivity index (χ4n) is 2.38. The van der Waals surface area contributed by atoms with Crippen molar-refractivity contribution in [2.24, 2.45) is 5.92 Å². The van der Waals surface area contributed by atoms with Crippen molar-refractivity contribution in [1.29, 1.82) is 0 Å². The second kappa shape index (κ2) is 6.51. The number of benzene rings is 1. The highest BCUT2D eigenvalue weighted by Gasteiger charge is 2.29. The molecular formula is C17H26N2O3S. The molecule has 0 saturated heterocycles. The second-order valence-corrected chi connectivity index (χ2v) is 9.10. The fourth-order valence-corrected chi connectivity index (χ4v) is 3.31. The maximum atomic E-state index is 12.0. The Morgan fingerprint density at radius 3 is 2.22 bits per heavy atom. The molecule has 1 amide bonds. The Morgan fingerprint density at radius 1 is 1.22 bits per heavy atom. The summed E-state index contributed by atoms with van der Waals surface area (Å²) in [6.07, 6.45) is 3.07. The lowest BCUT2D eigenvalue weighted by Crippen LogP contribution is -2.38. The molecule has 0 aliphatic heterocycles. The topological polar surface area (TPSA) is 66.5 Å². The molecule has 6 heteroatoms. The zero-order valence-electron chi connectivity index (χ0n) is 14.3. The first-order valence-corrected chi connectivity index (χ1v) is 9.80. The molecule has 128 valence electrons. The molecule has 0 bridgehead atoms. The Balaban J connectivity index is 2.07. The van der Waals surface area contributed by atoms with E-state index in [1.807, 2.05) is 24.3 Å². The van der Waals surface area contributed by atoms with Gasteiger partial charge in [0.15, 0.2) is 0 Å². The number of hydrogen-bond acceptors (Lipinski definition) is 3. The molecule has 1 fully saturated rings. The number of nitrogens with zero attached hydrogens (tertiary/aromatic N) is 1. The molecule has 0 radical (unpaired) electrons. The van der Waals surface area contributed by atoms with Crippen molar-refractivity contribution in [3.8, 4) is 0 Å². The summed E-state index contributed by atoms with van der Waals surface area (Å²) in [5.41, 5.74) is 1.80. The van der Waals surface area contributed by atoms with Crippen LogP contribution in [0.5, 0.6) is 0 Å². The number of nitrogens with one attached hydrogen (secondary N) is 1. The van der Waals surface area contributed by atoms with Crippen LogP contribution in [0.3, 0.4) is 0 Å². The predicted molar refractivity (Wildman–Crippen MR) is 93.1 cm³/mol. The Bertz CT molecular complexity index is 656. The highest BCUT2D eigenvalue weighted by molar-refractivity contribution is 7.92. The van der Waals surface area contributed by atoms with Crippen molar-refractivity contribution in [2.45, 2.75) is 39.0 Å². The minimum atomic E-state index is -3.39. The zero-order valence-corrected chi connectivity index (χ0v) is 15.1. The third-order valence-electron chi connectivity index (χ3n) is 3.98. The molecule has 1 aromatic carbocycles. The van der Waals surface area contributed by atoms with Gasteiger partial charge >= 0.3 is 0 Å². The van der Waals surface area contributed by atoms with E-state index in [9.17, 15) is 13.2 Å². The molecule has 2 rings (SSSR count). The van der Waals surface area contributed by atoms with Gasteiger partial charge in [-0.3, -0.25) is 9.10 Å². The monoisotopic (exact) mass is 338 g/mol. The summed E-state index contributed by atoms with van der Waals surface area (Å²) in [7, 11) is -3.39. The minimum Gasteiger partial charge on any atom is -0.354 e. The molecule has 23 heavy (non-hydrogen) atoms. The fraction of sp³-hybridized carbons (Fsp3) is 0.588. The lowest BCUT2D eigenvalue weighted by atomic mass is 9.87. The van der Waals surface area contributed by atoms with Crippen molar-refractivity contribution in [1.82, 2.24) is 5.32 Å². The number of sulfonamides is 1. The average molecular weight is 338 g/mol. The Kier molecular flexibility index (Phi) is 5.04. The van der Waals surface area contributed by atoms with E-state index in [1.54, 1.807) is 0 Å². The molecule has 5 nitrogen and oxygen atoms in total. The van der Waals surface area contributed by atoms with Crippen LogP contribution < -0.4 is 9.62 Å². The summed E-state index contributed by atoms with van der Waals surface area (Å²) in [4.78, 5) is 11.6. The van der Waals surface area contributed by atoms with Gasteiger partial charge < -0.3 is 5.32 Å². The summed E-state index contributed by atoms with van der Waals surface area (Å²) in [5, 5.41) is 2.81. The predicted octanol–water partition coefficient (Wildman–Crippen LogP) is 2.28. The molecule has 1 N–H and O–H groups in total. The molecule has 1 saturated carbocycles. The number of carbonyl (C=O) groups excluding carboxylic acids is 1. The average Bonchev–Trinajstić information content (AvgIpc) is 3.25. The lowest BCUT2D eigenvalue weighted by Gasteiger charge is -2.24. The minimum absolute atomic E-state index is 0.0205. The number of hydrogen-bond donors (Lipinski definition) is 1. The second-order valence-electron chi connectivity index (χ2n) is 7.20. The Morgan fingerprint density at radius 2 is 1.78 bits per heavy atom. The van der Waals surface area contributed by atoms with Crippen LogP contribution in [0.15, 0.2) is 24.3 Å². The maximum Gasteiger partial charge on any atom is 0.232 e. The van der Waals surface area contributed by atoms with Crippen molar-refractivity contribution < 1.29 is 13.2 Å². The number of carbonyl (C=O) groups is 1. The molecule has 0 unspecified atom stereocenters. The summed E-state index contributed by atoms with van der Waals surface area (Å²) < 4.78 is 25.4. The van der Waals surface area contributed by atoms with Gasteiger partial charge in [-0.15, -0.1) is 0 Å². The number of amides is 1. The highest BCUT2D eigenvalue weighted by Crippen LogP contribution is 2.29. The van der Waals surface area contributed by atoms with Crippen LogP contribution in [0.2, 0.25) is 0 Å². The summed E-state index contributed by atoms with van der Waals surface area (Å²) in [5.74, 6) is 0.161. The van der Waals surface area contributed by atoms with Gasteiger partial charge in [-0.2, -0.15) is 0 Å². The number of rotatable bonds is 6. The van der Waals surface area contributed by atoms with Gasteiger partial charge in [0.1, 0.15) is 0 Å². The van der Waals surface area contributed by atoms with Gasteiger partial charge in [0, 0.05) is 12.5 Å². The van der Waals surface area contributed by atoms with Gasteiger partial charge in [-0.25, -0.2) is 8.42 Å². The van der Waals surface area contributed by atoms with E-state index < -0.39 is 10.0 Å². The van der Waals surface area contributed by atoms with Crippen LogP contribution in [0, 0.1) is 5.92 Å². The smallest absolute Gasteiger partial charge is 0.232 e. The maximum absolute atomic E-state index is 12.0. The van der Waals surface area contributed by atoms with Gasteiger partial charge in [0.05, 0.1) is 18.5 Å². The zero-order chi connectivity index (χ0) is 17.3. The molecular weight excluding hydrogens is 312 g/mol. The van der Waals surface area contributed by atoms with E-state index in [-0.39, 0.29) is 23.8 Å². The molecule has 1 aliphatic carbocycles. The molecule has 1 aromatic rings. The van der Waals surface area contributed by atoms with Gasteiger partial charge in [0.2, 0.25) is 15.9 Å². The van der Waals surface area contributed by atoms with Gasteiger partial charge in [-0.1, -0.05) is 32.9 Å². The van der Waals surface area contributed by atoms with E-state index in [1.165, 1.54) is 10.6 Å². The van der Waals surface area contributed by atoms with E-state index in [0.717, 1.165) is 18.4 Å². The molecule has 1 aliphatic rings. The van der Waals surface area contributed by atoms with Crippen LogP contribution in [-0.2, 0) is 20.2 Å². The van der Waals surface area contributed by atoms with E-state index in [4.69, 9.17) is 0 Å². The van der Waals surface area contributed by atoms with Crippen molar-refractivity contribution >= 4 is 21.6 Å². The normalized spacial score (nSPS) is 15.3. The molecule has 0 atom stereocenters. The van der Waals surface area contributed by atoms with E-state index >= 15 is 0 Å². The third kappa shape index (κ3) is 4.96. The first-order chi connectivity index (χ1) is 10.6. The van der Waals surface area contributed by atoms with Gasteiger partial charge in [0.25, 0.3) is 0 Å². The Labute approximate surface area is 139 Å². The lowest BCUT2D eigenvalue weighted by molar-refractivity contribution is -0.122. The first kappa shape index (κ1) is 17.8. The van der Waals surface area contributed by atoms with Crippen LogP contribution >= 0.6 is 0 Å². The Hall–Kier alpha value is -1.56. The van der Waals surface area contributed by atoms with E-state index in [2.05, 4.69) is 26.1 Å². The quantitative estimate of drug-likeness (QED) is 0.865. The van der Waals surface area contributed by atoms with Crippen molar-refractivity contribution in [2.75, 3.05) is 23.7 Å². The molecule has 0 heterocycles. The van der Waals surface area contributed by atoms with E-state index in [0.29, 0.717) is 12.2 Å². The summed E-state index contributed by atoms with van der Waals surface area (Å²) >= 11 is 0. The number of anilines is 1. The van der Waals surface area contributed by atoms with Crippen LogP contribution in [0.25, 0.3) is 0 Å².